The van der Waals surface area contributed by atoms with E-state index in [4.69, 9.17) is 9.51 Å². The highest BCUT2D eigenvalue weighted by atomic mass is 16.5. The van der Waals surface area contributed by atoms with E-state index in [0.29, 0.717) is 13.1 Å². The molecule has 4 aromatic rings. The molecule has 0 aliphatic carbocycles. The summed E-state index contributed by atoms with van der Waals surface area (Å²) in [4.78, 5) is 21.3. The Morgan fingerprint density at radius 2 is 2.03 bits per heavy atom. The number of pyridine rings is 2. The molecule has 0 fully saturated rings. The van der Waals surface area contributed by atoms with Crippen LogP contribution in [0, 0.1) is 13.8 Å². The summed E-state index contributed by atoms with van der Waals surface area (Å²) in [5.41, 5.74) is 3.23. The normalized spacial score (nSPS) is 11.0. The number of hydrogen-bond donors (Lipinski definition) is 2. The number of anilines is 1. The first-order valence-corrected chi connectivity index (χ1v) is 9.42. The zero-order valence-corrected chi connectivity index (χ0v) is 16.3. The van der Waals surface area contributed by atoms with Crippen LogP contribution in [-0.2, 0) is 11.3 Å². The van der Waals surface area contributed by atoms with E-state index >= 15 is 0 Å². The molecule has 0 aliphatic rings. The van der Waals surface area contributed by atoms with E-state index in [1.54, 1.807) is 6.20 Å². The molecule has 0 aromatic carbocycles. The van der Waals surface area contributed by atoms with Crippen molar-refractivity contribution < 1.29 is 9.32 Å². The van der Waals surface area contributed by atoms with Crippen molar-refractivity contribution in [2.24, 2.45) is 0 Å². The average molecular weight is 390 g/mol. The lowest BCUT2D eigenvalue weighted by atomic mass is 10.1. The third kappa shape index (κ3) is 4.11. The molecule has 0 radical (unpaired) electrons. The van der Waals surface area contributed by atoms with Crippen molar-refractivity contribution >= 4 is 22.8 Å². The number of nitrogens with zero attached hydrogens (tertiary/aromatic N) is 4. The second kappa shape index (κ2) is 8.14. The lowest BCUT2D eigenvalue weighted by Crippen LogP contribution is -2.31. The van der Waals surface area contributed by atoms with Gasteiger partial charge >= 0.3 is 0 Å². The smallest absolute Gasteiger partial charge is 0.240 e. The summed E-state index contributed by atoms with van der Waals surface area (Å²) in [5, 5.41) is 11.1. The van der Waals surface area contributed by atoms with Gasteiger partial charge in [-0.05, 0) is 44.2 Å². The predicted octanol–water partition coefficient (Wildman–Crippen LogP) is 2.93. The van der Waals surface area contributed by atoms with E-state index < -0.39 is 0 Å². The molecular formula is C21H22N6O2. The molecule has 4 aromatic heterocycles. The monoisotopic (exact) mass is 390 g/mol. The molecule has 29 heavy (non-hydrogen) atoms. The van der Waals surface area contributed by atoms with Crippen molar-refractivity contribution in [1.82, 2.24) is 25.0 Å². The van der Waals surface area contributed by atoms with E-state index in [1.807, 2.05) is 61.0 Å². The van der Waals surface area contributed by atoms with Crippen molar-refractivity contribution in [2.75, 3.05) is 18.4 Å². The minimum absolute atomic E-state index is 0.0742. The molecule has 4 heterocycles. The van der Waals surface area contributed by atoms with Gasteiger partial charge in [-0.1, -0.05) is 11.2 Å². The minimum atomic E-state index is -0.0742. The van der Waals surface area contributed by atoms with Crippen molar-refractivity contribution in [2.45, 2.75) is 20.4 Å². The molecule has 0 atom stereocenters. The summed E-state index contributed by atoms with van der Waals surface area (Å²) in [6.07, 6.45) is 3.60. The van der Waals surface area contributed by atoms with Crippen LogP contribution in [0.1, 0.15) is 11.5 Å². The summed E-state index contributed by atoms with van der Waals surface area (Å²) in [5.74, 6) is 1.44. The number of rotatable bonds is 7. The maximum absolute atomic E-state index is 12.4. The van der Waals surface area contributed by atoms with Crippen LogP contribution in [0.5, 0.6) is 0 Å². The van der Waals surface area contributed by atoms with Gasteiger partial charge in [-0.15, -0.1) is 0 Å². The fraction of sp³-hybridized carbons (Fsp3) is 0.238. The Hall–Kier alpha value is -3.68. The summed E-state index contributed by atoms with van der Waals surface area (Å²) >= 11 is 0. The zero-order chi connectivity index (χ0) is 20.2. The van der Waals surface area contributed by atoms with Gasteiger partial charge < -0.3 is 19.7 Å². The number of amides is 1. The molecule has 0 saturated heterocycles. The predicted molar refractivity (Wildman–Crippen MR) is 110 cm³/mol. The molecule has 0 aliphatic heterocycles. The highest BCUT2D eigenvalue weighted by Gasteiger charge is 2.15. The summed E-state index contributed by atoms with van der Waals surface area (Å²) in [7, 11) is 0. The first-order chi connectivity index (χ1) is 14.1. The number of nitrogens with one attached hydrogen (secondary N) is 2. The molecule has 0 bridgehead atoms. The van der Waals surface area contributed by atoms with Crippen LogP contribution < -0.4 is 10.6 Å². The molecule has 4 rings (SSSR count). The van der Waals surface area contributed by atoms with Crippen LogP contribution in [0.4, 0.5) is 5.82 Å². The van der Waals surface area contributed by atoms with Gasteiger partial charge in [-0.25, -0.2) is 9.97 Å². The van der Waals surface area contributed by atoms with Crippen molar-refractivity contribution in [3.8, 4) is 11.3 Å². The molecule has 1 amide bonds. The lowest BCUT2D eigenvalue weighted by Gasteiger charge is -2.09. The molecule has 0 unspecified atom stereocenters. The van der Waals surface area contributed by atoms with Crippen molar-refractivity contribution in [3.63, 3.8) is 0 Å². The van der Waals surface area contributed by atoms with Crippen molar-refractivity contribution in [1.29, 1.82) is 0 Å². The Morgan fingerprint density at radius 1 is 1.14 bits per heavy atom. The third-order valence-electron chi connectivity index (χ3n) is 4.63. The number of carbonyl (C=O) groups excluding carboxylic acids is 1. The summed E-state index contributed by atoms with van der Waals surface area (Å²) < 4.78 is 7.10. The Kier molecular flexibility index (Phi) is 5.24. The van der Waals surface area contributed by atoms with Crippen LogP contribution in [0.15, 0.2) is 53.3 Å². The van der Waals surface area contributed by atoms with Gasteiger partial charge in [-0.3, -0.25) is 4.79 Å². The third-order valence-corrected chi connectivity index (χ3v) is 4.63. The topological polar surface area (TPSA) is 97.9 Å². The summed E-state index contributed by atoms with van der Waals surface area (Å²) in [6, 6.07) is 11.6. The lowest BCUT2D eigenvalue weighted by molar-refractivity contribution is -0.121. The second-order valence-corrected chi connectivity index (χ2v) is 6.74. The molecule has 8 nitrogen and oxygen atoms in total. The molecule has 0 saturated carbocycles. The fourth-order valence-corrected chi connectivity index (χ4v) is 3.25. The number of fused-ring (bicyclic) bond motifs is 1. The first-order valence-electron chi connectivity index (χ1n) is 9.42. The number of aromatic nitrogens is 4. The number of hydrogen-bond acceptors (Lipinski definition) is 6. The van der Waals surface area contributed by atoms with E-state index in [1.165, 1.54) is 0 Å². The van der Waals surface area contributed by atoms with Gasteiger partial charge in [0.2, 0.25) is 5.91 Å². The van der Waals surface area contributed by atoms with E-state index in [0.717, 1.165) is 39.6 Å². The maximum atomic E-state index is 12.4. The van der Waals surface area contributed by atoms with E-state index in [2.05, 4.69) is 20.8 Å². The zero-order valence-electron chi connectivity index (χ0n) is 16.3. The maximum Gasteiger partial charge on any atom is 0.240 e. The van der Waals surface area contributed by atoms with Crippen LogP contribution in [0.2, 0.25) is 0 Å². The Bertz CT molecular complexity index is 1110. The van der Waals surface area contributed by atoms with Crippen LogP contribution in [0.25, 0.3) is 22.3 Å². The fourth-order valence-electron chi connectivity index (χ4n) is 3.25. The molecule has 0 spiro atoms. The SMILES string of the molecule is Cc1noc(C)c1-c1ccc2ccn(CC(=O)NCCNc3ccccn3)c2n1. The van der Waals surface area contributed by atoms with Gasteiger partial charge in [0.05, 0.1) is 17.0 Å². The Morgan fingerprint density at radius 3 is 2.79 bits per heavy atom. The van der Waals surface area contributed by atoms with E-state index in [9.17, 15) is 4.79 Å². The van der Waals surface area contributed by atoms with E-state index in [-0.39, 0.29) is 12.5 Å². The molecule has 8 heteroatoms. The average Bonchev–Trinajstić information content (AvgIpc) is 3.28. The van der Waals surface area contributed by atoms with Gasteiger partial charge in [0, 0.05) is 30.9 Å². The number of aryl methyl sites for hydroxylation is 2. The van der Waals surface area contributed by atoms with Crippen LogP contribution in [0.3, 0.4) is 0 Å². The largest absolute Gasteiger partial charge is 0.368 e. The molecular weight excluding hydrogens is 368 g/mol. The highest BCUT2D eigenvalue weighted by molar-refractivity contribution is 5.83. The van der Waals surface area contributed by atoms with Crippen molar-refractivity contribution in [3.05, 3.63) is 60.2 Å². The second-order valence-electron chi connectivity index (χ2n) is 6.74. The summed E-state index contributed by atoms with van der Waals surface area (Å²) in [6.45, 7) is 5.07. The first kappa shape index (κ1) is 18.7. The van der Waals surface area contributed by atoms with Gasteiger partial charge in [-0.2, -0.15) is 0 Å². The van der Waals surface area contributed by atoms with Crippen LogP contribution >= 0.6 is 0 Å². The number of carbonyl (C=O) groups is 1. The Labute approximate surface area is 168 Å². The van der Waals surface area contributed by atoms with Gasteiger partial charge in [0.1, 0.15) is 23.8 Å². The van der Waals surface area contributed by atoms with Crippen LogP contribution in [-0.4, -0.2) is 38.7 Å². The quantitative estimate of drug-likeness (QED) is 0.471. The molecule has 2 N–H and O–H groups in total. The van der Waals surface area contributed by atoms with Gasteiger partial charge in [0.15, 0.2) is 0 Å². The highest BCUT2D eigenvalue weighted by Crippen LogP contribution is 2.27. The standard InChI is InChI=1S/C21H22N6O2/c1-14-20(15(2)29-26-14)17-7-6-16-8-12-27(21(16)25-17)13-19(28)24-11-10-23-18-5-3-4-9-22-18/h3-9,12H,10-11,13H2,1-2H3,(H,22,23)(H,24,28). The van der Waals surface area contributed by atoms with Gasteiger partial charge in [0.25, 0.3) is 0 Å². The minimum Gasteiger partial charge on any atom is -0.368 e. The molecule has 148 valence electrons. The Balaban J connectivity index is 1.41.